The summed E-state index contributed by atoms with van der Waals surface area (Å²) in [6.45, 7) is 3.48. The van der Waals surface area contributed by atoms with Crippen LogP contribution in [0.15, 0.2) is 75.4 Å². The van der Waals surface area contributed by atoms with Gasteiger partial charge < -0.3 is 9.64 Å². The standard InChI is InChI=1S/C25H26ClN3O6S3/c1-17-3-4-18(26)15-23(17)28-37(31,32)20-7-5-19(6-8-20)27-38(33,34)21-9-10-24(36-2)22(16-21)25(30)29-11-13-35-14-12-29/h3-10,15-16,27-28H,11-14H2,1-2H3. The Balaban J connectivity index is 1.54. The number of nitrogens with zero attached hydrogens (tertiary/aromatic N) is 1. The van der Waals surface area contributed by atoms with Gasteiger partial charge in [0.05, 0.1) is 34.3 Å². The first-order valence-corrected chi connectivity index (χ1v) is 16.0. The largest absolute Gasteiger partial charge is 0.378 e. The molecule has 3 aromatic rings. The number of halogens is 1. The van der Waals surface area contributed by atoms with E-state index in [1.807, 2.05) is 6.26 Å². The molecule has 0 radical (unpaired) electrons. The molecule has 38 heavy (non-hydrogen) atoms. The van der Waals surface area contributed by atoms with E-state index in [1.165, 1.54) is 54.2 Å². The summed E-state index contributed by atoms with van der Waals surface area (Å²) in [5.41, 5.74) is 1.50. The molecule has 0 aliphatic carbocycles. The number of hydrogen-bond acceptors (Lipinski definition) is 7. The van der Waals surface area contributed by atoms with E-state index in [-0.39, 0.29) is 21.4 Å². The summed E-state index contributed by atoms with van der Waals surface area (Å²) in [5, 5.41) is 0.387. The number of anilines is 2. The highest BCUT2D eigenvalue weighted by atomic mass is 35.5. The molecule has 1 aliphatic heterocycles. The van der Waals surface area contributed by atoms with Gasteiger partial charge in [-0.15, -0.1) is 11.8 Å². The van der Waals surface area contributed by atoms with Crippen LogP contribution in [0.25, 0.3) is 0 Å². The molecule has 0 atom stereocenters. The van der Waals surface area contributed by atoms with E-state index in [1.54, 1.807) is 30.0 Å². The summed E-state index contributed by atoms with van der Waals surface area (Å²) >= 11 is 7.33. The highest BCUT2D eigenvalue weighted by Gasteiger charge is 2.24. The topological polar surface area (TPSA) is 122 Å². The molecule has 0 unspecified atom stereocenters. The highest BCUT2D eigenvalue weighted by Crippen LogP contribution is 2.28. The monoisotopic (exact) mass is 595 g/mol. The van der Waals surface area contributed by atoms with Crippen molar-refractivity contribution >= 4 is 60.7 Å². The SMILES string of the molecule is CSc1ccc(S(=O)(=O)Nc2ccc(S(=O)(=O)Nc3cc(Cl)ccc3C)cc2)cc1C(=O)N1CCOCC1. The molecule has 1 fully saturated rings. The molecule has 1 saturated heterocycles. The summed E-state index contributed by atoms with van der Waals surface area (Å²) < 4.78 is 62.2. The van der Waals surface area contributed by atoms with E-state index in [9.17, 15) is 21.6 Å². The lowest BCUT2D eigenvalue weighted by Crippen LogP contribution is -2.40. The van der Waals surface area contributed by atoms with Gasteiger partial charge in [0, 0.05) is 28.7 Å². The average Bonchev–Trinajstić information content (AvgIpc) is 2.90. The van der Waals surface area contributed by atoms with Gasteiger partial charge in [0.15, 0.2) is 0 Å². The Morgan fingerprint density at radius 3 is 2.18 bits per heavy atom. The Labute approximate surface area is 231 Å². The van der Waals surface area contributed by atoms with Crippen molar-refractivity contribution in [2.75, 3.05) is 42.0 Å². The quantitative estimate of drug-likeness (QED) is 0.369. The number of aryl methyl sites for hydroxylation is 1. The van der Waals surface area contributed by atoms with E-state index < -0.39 is 20.0 Å². The Hall–Kier alpha value is -2.77. The second-order valence-electron chi connectivity index (χ2n) is 8.46. The van der Waals surface area contributed by atoms with E-state index in [0.29, 0.717) is 53.0 Å². The van der Waals surface area contributed by atoms with Crippen LogP contribution in [0.2, 0.25) is 5.02 Å². The zero-order valence-electron chi connectivity index (χ0n) is 20.6. The lowest BCUT2D eigenvalue weighted by Gasteiger charge is -2.27. The first-order chi connectivity index (χ1) is 18.0. The zero-order chi connectivity index (χ0) is 27.5. The average molecular weight is 596 g/mol. The van der Waals surface area contributed by atoms with Crippen LogP contribution in [0.1, 0.15) is 15.9 Å². The number of morpholine rings is 1. The maximum Gasteiger partial charge on any atom is 0.261 e. The minimum Gasteiger partial charge on any atom is -0.378 e. The van der Waals surface area contributed by atoms with Gasteiger partial charge in [0.2, 0.25) is 0 Å². The summed E-state index contributed by atoms with van der Waals surface area (Å²) in [7, 11) is -8.00. The number of amides is 1. The van der Waals surface area contributed by atoms with Crippen molar-refractivity contribution in [1.82, 2.24) is 4.90 Å². The Bertz CT molecular complexity index is 1560. The number of carbonyl (C=O) groups excluding carboxylic acids is 1. The van der Waals surface area contributed by atoms with Crippen LogP contribution in [0, 0.1) is 6.92 Å². The fraction of sp³-hybridized carbons (Fsp3) is 0.240. The molecule has 9 nitrogen and oxygen atoms in total. The third kappa shape index (κ3) is 6.44. The molecule has 1 aliphatic rings. The van der Waals surface area contributed by atoms with Gasteiger partial charge in [-0.3, -0.25) is 14.2 Å². The molecule has 13 heteroatoms. The molecular weight excluding hydrogens is 570 g/mol. The van der Waals surface area contributed by atoms with E-state index in [4.69, 9.17) is 16.3 Å². The number of ether oxygens (including phenoxy) is 1. The van der Waals surface area contributed by atoms with Crippen LogP contribution >= 0.6 is 23.4 Å². The van der Waals surface area contributed by atoms with Gasteiger partial charge in [-0.2, -0.15) is 0 Å². The molecule has 1 amide bonds. The van der Waals surface area contributed by atoms with Crippen LogP contribution in [-0.2, 0) is 24.8 Å². The van der Waals surface area contributed by atoms with Crippen molar-refractivity contribution in [3.8, 4) is 0 Å². The van der Waals surface area contributed by atoms with Crippen molar-refractivity contribution in [3.05, 3.63) is 76.8 Å². The van der Waals surface area contributed by atoms with Crippen molar-refractivity contribution in [3.63, 3.8) is 0 Å². The second kappa shape index (κ2) is 11.5. The fourth-order valence-electron chi connectivity index (χ4n) is 3.78. The number of rotatable bonds is 8. The van der Waals surface area contributed by atoms with Crippen LogP contribution in [0.4, 0.5) is 11.4 Å². The Morgan fingerprint density at radius 2 is 1.53 bits per heavy atom. The molecule has 0 aromatic heterocycles. The van der Waals surface area contributed by atoms with Crippen LogP contribution in [0.5, 0.6) is 0 Å². The first kappa shape index (κ1) is 28.2. The first-order valence-electron chi connectivity index (χ1n) is 11.5. The molecule has 3 aromatic carbocycles. The molecule has 4 rings (SSSR count). The third-order valence-electron chi connectivity index (χ3n) is 5.87. The number of nitrogens with one attached hydrogen (secondary N) is 2. The predicted octanol–water partition coefficient (Wildman–Crippen LogP) is 4.44. The Kier molecular flexibility index (Phi) is 8.58. The lowest BCUT2D eigenvalue weighted by molar-refractivity contribution is 0.0300. The van der Waals surface area contributed by atoms with Crippen LogP contribution in [0.3, 0.4) is 0 Å². The minimum atomic E-state index is -4.07. The van der Waals surface area contributed by atoms with Gasteiger partial charge in [-0.05, 0) is 73.3 Å². The number of benzene rings is 3. The molecule has 202 valence electrons. The molecule has 2 N–H and O–H groups in total. The molecule has 0 spiro atoms. The molecular formula is C25H26ClN3O6S3. The van der Waals surface area contributed by atoms with Crippen LogP contribution < -0.4 is 9.44 Å². The summed E-state index contributed by atoms with van der Waals surface area (Å²) in [4.78, 5) is 15.3. The Morgan fingerprint density at radius 1 is 0.895 bits per heavy atom. The van der Waals surface area contributed by atoms with Crippen molar-refractivity contribution in [2.45, 2.75) is 21.6 Å². The minimum absolute atomic E-state index is 0.0532. The molecule has 1 heterocycles. The van der Waals surface area contributed by atoms with Gasteiger partial charge in [-0.25, -0.2) is 16.8 Å². The van der Waals surface area contributed by atoms with Gasteiger partial charge in [0.25, 0.3) is 26.0 Å². The van der Waals surface area contributed by atoms with E-state index in [0.717, 1.165) is 0 Å². The second-order valence-corrected chi connectivity index (χ2v) is 13.1. The summed E-state index contributed by atoms with van der Waals surface area (Å²) in [6, 6.07) is 14.6. The molecule has 0 saturated carbocycles. The van der Waals surface area contributed by atoms with Gasteiger partial charge in [0.1, 0.15) is 0 Å². The van der Waals surface area contributed by atoms with Gasteiger partial charge in [-0.1, -0.05) is 17.7 Å². The summed E-state index contributed by atoms with van der Waals surface area (Å²) in [6.07, 6.45) is 1.82. The van der Waals surface area contributed by atoms with E-state index in [2.05, 4.69) is 9.44 Å². The fourth-order valence-corrected chi connectivity index (χ4v) is 6.73. The maximum atomic E-state index is 13.1. The number of thioether (sulfide) groups is 1. The highest BCUT2D eigenvalue weighted by molar-refractivity contribution is 7.98. The summed E-state index contributed by atoms with van der Waals surface area (Å²) in [5.74, 6) is -0.258. The predicted molar refractivity (Wildman–Crippen MR) is 149 cm³/mol. The molecule has 0 bridgehead atoms. The van der Waals surface area contributed by atoms with Crippen LogP contribution in [-0.4, -0.2) is 60.2 Å². The smallest absolute Gasteiger partial charge is 0.261 e. The maximum absolute atomic E-state index is 13.1. The van der Waals surface area contributed by atoms with Crippen molar-refractivity contribution in [2.24, 2.45) is 0 Å². The third-order valence-corrected chi connectivity index (χ3v) is 9.66. The van der Waals surface area contributed by atoms with E-state index >= 15 is 0 Å². The lowest BCUT2D eigenvalue weighted by atomic mass is 10.2. The normalized spacial score (nSPS) is 14.2. The number of sulfonamides is 2. The number of carbonyl (C=O) groups is 1. The van der Waals surface area contributed by atoms with Crippen molar-refractivity contribution < 1.29 is 26.4 Å². The number of hydrogen-bond donors (Lipinski definition) is 2. The van der Waals surface area contributed by atoms with Gasteiger partial charge >= 0.3 is 0 Å². The van der Waals surface area contributed by atoms with Crippen molar-refractivity contribution in [1.29, 1.82) is 0 Å². The zero-order valence-corrected chi connectivity index (χ0v) is 23.8.